The molecule has 1 amide bonds. The van der Waals surface area contributed by atoms with E-state index in [1.807, 2.05) is 42.5 Å². The average Bonchev–Trinajstić information content (AvgIpc) is 2.80. The molecular formula is C26H28N4O2. The smallest absolute Gasteiger partial charge is 0.275 e. The highest BCUT2D eigenvalue weighted by atomic mass is 16.2. The Labute approximate surface area is 187 Å². The molecule has 1 N–H and O–H groups in total. The summed E-state index contributed by atoms with van der Waals surface area (Å²) < 4.78 is 1.47. The van der Waals surface area contributed by atoms with Crippen LogP contribution in [0.15, 0.2) is 53.5 Å². The number of amides is 1. The van der Waals surface area contributed by atoms with Crippen LogP contribution in [0, 0.1) is 23.2 Å². The first-order chi connectivity index (χ1) is 15.6. The molecule has 164 valence electrons. The fourth-order valence-electron chi connectivity index (χ4n) is 6.93. The number of nitrogens with zero attached hydrogens (tertiary/aromatic N) is 3. The van der Waals surface area contributed by atoms with Crippen LogP contribution in [-0.2, 0) is 17.9 Å². The molecule has 1 aromatic carbocycles. The maximum absolute atomic E-state index is 13.4. The second-order valence-corrected chi connectivity index (χ2v) is 10.2. The minimum atomic E-state index is -0.188. The fraction of sp³-hybridized carbons (Fsp3) is 0.462. The quantitative estimate of drug-likeness (QED) is 0.673. The molecule has 6 heteroatoms. The van der Waals surface area contributed by atoms with Gasteiger partial charge in [-0.3, -0.25) is 14.6 Å². The Morgan fingerprint density at radius 3 is 2.28 bits per heavy atom. The van der Waals surface area contributed by atoms with Crippen LogP contribution in [0.4, 0.5) is 0 Å². The zero-order valence-electron chi connectivity index (χ0n) is 18.2. The standard InChI is InChI=1S/C26H28N4O2/c31-24-22-7-2-1-6-21(22)23(29-30(24)16-20-5-3-4-8-27-20)15-28-25(32)26-12-17-9-18(13-26)11-19(10-17)14-26/h1-8,17-19H,9-16H2,(H,28,32). The Balaban J connectivity index is 1.29. The van der Waals surface area contributed by atoms with Crippen molar-refractivity contribution in [1.82, 2.24) is 20.1 Å². The summed E-state index contributed by atoms with van der Waals surface area (Å²) in [6, 6.07) is 13.2. The second kappa shape index (κ2) is 7.54. The summed E-state index contributed by atoms with van der Waals surface area (Å²) in [5.41, 5.74) is 1.19. The van der Waals surface area contributed by atoms with Gasteiger partial charge in [0.1, 0.15) is 0 Å². The van der Waals surface area contributed by atoms with Gasteiger partial charge in [-0.1, -0.05) is 24.3 Å². The molecule has 0 atom stereocenters. The largest absolute Gasteiger partial charge is 0.350 e. The number of nitrogens with one attached hydrogen (secondary N) is 1. The van der Waals surface area contributed by atoms with E-state index in [9.17, 15) is 9.59 Å². The van der Waals surface area contributed by atoms with Gasteiger partial charge in [0.05, 0.1) is 29.9 Å². The summed E-state index contributed by atoms with van der Waals surface area (Å²) in [4.78, 5) is 30.8. The van der Waals surface area contributed by atoms with Gasteiger partial charge in [-0.2, -0.15) is 5.10 Å². The minimum absolute atomic E-state index is 0.137. The van der Waals surface area contributed by atoms with E-state index in [-0.39, 0.29) is 16.9 Å². The van der Waals surface area contributed by atoms with Crippen LogP contribution in [0.1, 0.15) is 49.9 Å². The highest BCUT2D eigenvalue weighted by Gasteiger charge is 2.54. The van der Waals surface area contributed by atoms with E-state index < -0.39 is 0 Å². The molecule has 0 radical (unpaired) electrons. The summed E-state index contributed by atoms with van der Waals surface area (Å²) in [7, 11) is 0. The van der Waals surface area contributed by atoms with Gasteiger partial charge in [-0.05, 0) is 74.5 Å². The number of benzene rings is 1. The van der Waals surface area contributed by atoms with Gasteiger partial charge in [0, 0.05) is 17.0 Å². The van der Waals surface area contributed by atoms with Gasteiger partial charge in [0.25, 0.3) is 5.56 Å². The van der Waals surface area contributed by atoms with Crippen molar-refractivity contribution < 1.29 is 4.79 Å². The molecular weight excluding hydrogens is 400 g/mol. The summed E-state index contributed by atoms with van der Waals surface area (Å²) in [5.74, 6) is 2.37. The summed E-state index contributed by atoms with van der Waals surface area (Å²) in [6.07, 6.45) is 8.79. The van der Waals surface area contributed by atoms with E-state index in [0.717, 1.165) is 53.8 Å². The Kier molecular flexibility index (Phi) is 4.63. The van der Waals surface area contributed by atoms with Gasteiger partial charge >= 0.3 is 0 Å². The van der Waals surface area contributed by atoms with Crippen LogP contribution in [0.2, 0.25) is 0 Å². The predicted octanol–water partition coefficient (Wildman–Crippen LogP) is 3.67. The lowest BCUT2D eigenvalue weighted by Gasteiger charge is -2.55. The van der Waals surface area contributed by atoms with Crippen molar-refractivity contribution in [2.24, 2.45) is 23.2 Å². The first-order valence-corrected chi connectivity index (χ1v) is 11.8. The van der Waals surface area contributed by atoms with E-state index in [1.54, 1.807) is 6.20 Å². The second-order valence-electron chi connectivity index (χ2n) is 10.2. The molecule has 4 aliphatic rings. The zero-order chi connectivity index (χ0) is 21.7. The highest BCUT2D eigenvalue weighted by molar-refractivity contribution is 5.86. The first kappa shape index (κ1) is 19.6. The first-order valence-electron chi connectivity index (χ1n) is 11.8. The lowest BCUT2D eigenvalue weighted by Crippen LogP contribution is -2.53. The van der Waals surface area contributed by atoms with Crippen molar-refractivity contribution in [3.8, 4) is 0 Å². The monoisotopic (exact) mass is 428 g/mol. The van der Waals surface area contributed by atoms with Crippen LogP contribution in [-0.4, -0.2) is 20.7 Å². The predicted molar refractivity (Wildman–Crippen MR) is 122 cm³/mol. The third-order valence-corrected chi connectivity index (χ3v) is 7.92. The topological polar surface area (TPSA) is 76.9 Å². The Morgan fingerprint density at radius 2 is 1.62 bits per heavy atom. The van der Waals surface area contributed by atoms with E-state index in [2.05, 4.69) is 15.4 Å². The van der Waals surface area contributed by atoms with Crippen molar-refractivity contribution in [2.75, 3.05) is 0 Å². The maximum atomic E-state index is 13.4. The molecule has 3 aromatic rings. The van der Waals surface area contributed by atoms with E-state index in [1.165, 1.54) is 23.9 Å². The van der Waals surface area contributed by atoms with Crippen LogP contribution in [0.5, 0.6) is 0 Å². The zero-order valence-corrected chi connectivity index (χ0v) is 18.2. The highest BCUT2D eigenvalue weighted by Crippen LogP contribution is 2.60. The van der Waals surface area contributed by atoms with Crippen molar-refractivity contribution in [3.05, 3.63) is 70.4 Å². The van der Waals surface area contributed by atoms with Crippen molar-refractivity contribution in [1.29, 1.82) is 0 Å². The molecule has 32 heavy (non-hydrogen) atoms. The molecule has 7 rings (SSSR count). The molecule has 4 bridgehead atoms. The third kappa shape index (κ3) is 3.33. The summed E-state index contributed by atoms with van der Waals surface area (Å²) in [6.45, 7) is 0.643. The van der Waals surface area contributed by atoms with E-state index in [4.69, 9.17) is 0 Å². The van der Waals surface area contributed by atoms with Gasteiger partial charge < -0.3 is 5.32 Å². The Morgan fingerprint density at radius 1 is 0.969 bits per heavy atom. The number of aromatic nitrogens is 3. The normalized spacial score (nSPS) is 28.2. The molecule has 2 aromatic heterocycles. The molecule has 0 aliphatic heterocycles. The number of hydrogen-bond donors (Lipinski definition) is 1. The minimum Gasteiger partial charge on any atom is -0.350 e. The molecule has 4 aliphatic carbocycles. The SMILES string of the molecule is O=C(NCc1nn(Cc2ccccn2)c(=O)c2ccccc12)C12CC3CC(CC(C3)C1)C2. The van der Waals surface area contributed by atoms with Crippen molar-refractivity contribution in [2.45, 2.75) is 51.6 Å². The average molecular weight is 429 g/mol. The molecule has 0 unspecified atom stereocenters. The number of pyridine rings is 1. The number of hydrogen-bond acceptors (Lipinski definition) is 4. The lowest BCUT2D eigenvalue weighted by atomic mass is 9.49. The van der Waals surface area contributed by atoms with Crippen molar-refractivity contribution >= 4 is 16.7 Å². The third-order valence-electron chi connectivity index (χ3n) is 7.92. The fourth-order valence-corrected chi connectivity index (χ4v) is 6.93. The van der Waals surface area contributed by atoms with Crippen LogP contribution in [0.25, 0.3) is 10.8 Å². The molecule has 0 spiro atoms. The van der Waals surface area contributed by atoms with Gasteiger partial charge in [0.15, 0.2) is 0 Å². The van der Waals surface area contributed by atoms with Crippen LogP contribution in [0.3, 0.4) is 0 Å². The molecule has 4 fully saturated rings. The Hall–Kier alpha value is -3.02. The van der Waals surface area contributed by atoms with Gasteiger partial charge in [0.2, 0.25) is 5.91 Å². The maximum Gasteiger partial charge on any atom is 0.275 e. The number of rotatable bonds is 5. The molecule has 4 saturated carbocycles. The molecule has 2 heterocycles. The van der Waals surface area contributed by atoms with Gasteiger partial charge in [-0.25, -0.2) is 4.68 Å². The van der Waals surface area contributed by atoms with Crippen molar-refractivity contribution in [3.63, 3.8) is 0 Å². The summed E-state index contributed by atoms with van der Waals surface area (Å²) in [5, 5.41) is 9.32. The number of carbonyl (C=O) groups is 1. The molecule has 0 saturated heterocycles. The molecule has 6 nitrogen and oxygen atoms in total. The lowest BCUT2D eigenvalue weighted by molar-refractivity contribution is -0.146. The van der Waals surface area contributed by atoms with E-state index >= 15 is 0 Å². The number of fused-ring (bicyclic) bond motifs is 1. The number of carbonyl (C=O) groups excluding carboxylic acids is 1. The van der Waals surface area contributed by atoms with Crippen LogP contribution >= 0.6 is 0 Å². The summed E-state index contributed by atoms with van der Waals surface area (Å²) >= 11 is 0. The van der Waals surface area contributed by atoms with E-state index in [0.29, 0.717) is 18.5 Å². The Bertz CT molecular complexity index is 1200. The van der Waals surface area contributed by atoms with Gasteiger partial charge in [-0.15, -0.1) is 0 Å². The van der Waals surface area contributed by atoms with Crippen LogP contribution < -0.4 is 10.9 Å².